The third-order valence-electron chi connectivity index (χ3n) is 2.84. The van der Waals surface area contributed by atoms with Crippen LogP contribution in [0.2, 0.25) is 0 Å². The van der Waals surface area contributed by atoms with Gasteiger partial charge in [0.05, 0.1) is 18.7 Å². The molecule has 0 atom stereocenters. The van der Waals surface area contributed by atoms with Gasteiger partial charge in [0.15, 0.2) is 5.54 Å². The molecule has 1 rings (SSSR count). The minimum absolute atomic E-state index is 0.0212. The number of amides is 1. The van der Waals surface area contributed by atoms with Gasteiger partial charge in [0.1, 0.15) is 5.60 Å². The number of hydrogen-bond acceptors (Lipinski definition) is 5. The zero-order valence-corrected chi connectivity index (χ0v) is 12.7. The van der Waals surface area contributed by atoms with Crippen LogP contribution in [0.3, 0.4) is 0 Å². The quantitative estimate of drug-likeness (QED) is 0.693. The molecule has 0 spiro atoms. The number of aliphatic hydroxyl groups is 1. The number of carbonyl (C=O) groups is 2. The molecule has 20 heavy (non-hydrogen) atoms. The van der Waals surface area contributed by atoms with E-state index in [4.69, 9.17) is 4.74 Å². The summed E-state index contributed by atoms with van der Waals surface area (Å²) in [5.74, 6) is -1.04. The zero-order chi connectivity index (χ0) is 15.8. The summed E-state index contributed by atoms with van der Waals surface area (Å²) in [5.41, 5.74) is -2.84. The van der Waals surface area contributed by atoms with Gasteiger partial charge in [-0.05, 0) is 34.6 Å². The topological polar surface area (TPSA) is 99.1 Å². The molecule has 0 aromatic heterocycles. The van der Waals surface area contributed by atoms with Gasteiger partial charge in [-0.15, -0.1) is 0 Å². The van der Waals surface area contributed by atoms with Crippen LogP contribution >= 0.6 is 0 Å². The van der Waals surface area contributed by atoms with Gasteiger partial charge in [-0.3, -0.25) is 10.1 Å². The number of nitrogens with zero attached hydrogens (tertiary/aromatic N) is 1. The fourth-order valence-corrected chi connectivity index (χ4v) is 1.77. The van der Waals surface area contributed by atoms with Crippen LogP contribution in [0.4, 0.5) is 4.79 Å². The average molecular weight is 288 g/mol. The summed E-state index contributed by atoms with van der Waals surface area (Å²) >= 11 is 0. The van der Waals surface area contributed by atoms with Gasteiger partial charge < -0.3 is 19.8 Å². The van der Waals surface area contributed by atoms with Crippen molar-refractivity contribution in [3.05, 3.63) is 0 Å². The van der Waals surface area contributed by atoms with Gasteiger partial charge in [0.25, 0.3) is 0 Å². The lowest BCUT2D eigenvalue weighted by atomic mass is 9.89. The number of aliphatic carboxylic acids is 1. The molecule has 0 radical (unpaired) electrons. The minimum Gasteiger partial charge on any atom is -0.480 e. The molecule has 3 N–H and O–H groups in total. The maximum Gasteiger partial charge on any atom is 0.410 e. The summed E-state index contributed by atoms with van der Waals surface area (Å²) in [6.07, 6.45) is -0.528. The highest BCUT2D eigenvalue weighted by Crippen LogP contribution is 2.24. The Labute approximate surface area is 118 Å². The van der Waals surface area contributed by atoms with Crippen LogP contribution in [0.15, 0.2) is 0 Å². The molecule has 0 aliphatic carbocycles. The van der Waals surface area contributed by atoms with E-state index >= 15 is 0 Å². The molecule has 1 saturated heterocycles. The van der Waals surface area contributed by atoms with Crippen molar-refractivity contribution in [1.82, 2.24) is 10.2 Å². The molecule has 0 aromatic rings. The number of carboxylic acid groups (broad SMARTS) is 1. The maximum absolute atomic E-state index is 11.8. The smallest absolute Gasteiger partial charge is 0.410 e. The summed E-state index contributed by atoms with van der Waals surface area (Å²) in [6.45, 7) is 8.59. The maximum atomic E-state index is 11.8. The van der Waals surface area contributed by atoms with Crippen LogP contribution < -0.4 is 5.32 Å². The summed E-state index contributed by atoms with van der Waals surface area (Å²) in [4.78, 5) is 24.5. The predicted molar refractivity (Wildman–Crippen MR) is 72.5 cm³/mol. The molecule has 1 heterocycles. The highest BCUT2D eigenvalue weighted by Gasteiger charge is 2.52. The van der Waals surface area contributed by atoms with E-state index in [0.717, 1.165) is 0 Å². The molecular formula is C13H24N2O5. The number of rotatable bonds is 4. The first-order chi connectivity index (χ1) is 8.85. The molecular weight excluding hydrogens is 264 g/mol. The Morgan fingerprint density at radius 1 is 1.25 bits per heavy atom. The molecule has 1 aliphatic rings. The van der Waals surface area contributed by atoms with E-state index in [1.807, 2.05) is 0 Å². The van der Waals surface area contributed by atoms with E-state index in [0.29, 0.717) is 0 Å². The SMILES string of the molecule is CC(C)(O)CNC1(C(=O)O)CN(C(=O)OC(C)(C)C)C1. The monoisotopic (exact) mass is 288 g/mol. The van der Waals surface area contributed by atoms with Gasteiger partial charge in [-0.1, -0.05) is 0 Å². The average Bonchev–Trinajstić information content (AvgIpc) is 2.09. The van der Waals surface area contributed by atoms with Gasteiger partial charge >= 0.3 is 12.1 Å². The second-order valence-corrected chi connectivity index (χ2v) is 6.89. The Morgan fingerprint density at radius 3 is 2.10 bits per heavy atom. The van der Waals surface area contributed by atoms with Gasteiger partial charge in [-0.2, -0.15) is 0 Å². The van der Waals surface area contributed by atoms with Crippen LogP contribution in [0.1, 0.15) is 34.6 Å². The van der Waals surface area contributed by atoms with E-state index in [2.05, 4.69) is 5.32 Å². The third kappa shape index (κ3) is 4.35. The van der Waals surface area contributed by atoms with E-state index in [-0.39, 0.29) is 19.6 Å². The van der Waals surface area contributed by atoms with Crippen molar-refractivity contribution in [1.29, 1.82) is 0 Å². The Kier molecular flexibility index (Phi) is 4.36. The molecule has 0 bridgehead atoms. The van der Waals surface area contributed by atoms with Crippen molar-refractivity contribution < 1.29 is 24.5 Å². The molecule has 116 valence electrons. The summed E-state index contributed by atoms with van der Waals surface area (Å²) in [7, 11) is 0. The summed E-state index contributed by atoms with van der Waals surface area (Å²) in [5, 5.41) is 21.8. The number of likely N-dealkylation sites (tertiary alicyclic amines) is 1. The number of ether oxygens (including phenoxy) is 1. The first kappa shape index (κ1) is 16.7. The molecule has 1 aliphatic heterocycles. The standard InChI is InChI=1S/C13H24N2O5/c1-11(2,3)20-10(18)15-7-13(8-15,9(16)17)14-6-12(4,5)19/h14,19H,6-8H2,1-5H3,(H,16,17). The number of β-amino-alcohol motifs (C(OH)–C–C–N with tert-alkyl or cyclic N) is 1. The second-order valence-electron chi connectivity index (χ2n) is 6.89. The Bertz CT molecular complexity index is 389. The minimum atomic E-state index is -1.21. The molecule has 7 nitrogen and oxygen atoms in total. The van der Waals surface area contributed by atoms with Crippen LogP contribution in [0.25, 0.3) is 0 Å². The lowest BCUT2D eigenvalue weighted by Gasteiger charge is -2.48. The van der Waals surface area contributed by atoms with Crippen molar-refractivity contribution >= 4 is 12.1 Å². The van der Waals surface area contributed by atoms with Crippen LogP contribution in [0, 0.1) is 0 Å². The van der Waals surface area contributed by atoms with Crippen molar-refractivity contribution in [2.24, 2.45) is 0 Å². The Balaban J connectivity index is 2.59. The molecule has 1 amide bonds. The zero-order valence-electron chi connectivity index (χ0n) is 12.7. The normalized spacial score (nSPS) is 18.4. The molecule has 0 unspecified atom stereocenters. The fraction of sp³-hybridized carbons (Fsp3) is 0.846. The fourth-order valence-electron chi connectivity index (χ4n) is 1.77. The first-order valence-corrected chi connectivity index (χ1v) is 6.53. The predicted octanol–water partition coefficient (Wildman–Crippen LogP) is 0.421. The third-order valence-corrected chi connectivity index (χ3v) is 2.84. The number of nitrogens with one attached hydrogen (secondary N) is 1. The van der Waals surface area contributed by atoms with Crippen LogP contribution in [-0.2, 0) is 9.53 Å². The lowest BCUT2D eigenvalue weighted by Crippen LogP contribution is -2.75. The number of carboxylic acids is 1. The van der Waals surface area contributed by atoms with Crippen LogP contribution in [-0.4, -0.2) is 63.6 Å². The first-order valence-electron chi connectivity index (χ1n) is 6.53. The summed E-state index contributed by atoms with van der Waals surface area (Å²) < 4.78 is 5.18. The lowest BCUT2D eigenvalue weighted by molar-refractivity contribution is -0.152. The second kappa shape index (κ2) is 5.21. The van der Waals surface area contributed by atoms with Crippen LogP contribution in [0.5, 0.6) is 0 Å². The van der Waals surface area contributed by atoms with Gasteiger partial charge in [0, 0.05) is 6.54 Å². The molecule has 0 saturated carbocycles. The van der Waals surface area contributed by atoms with Crippen molar-refractivity contribution in [3.8, 4) is 0 Å². The highest BCUT2D eigenvalue weighted by molar-refractivity contribution is 5.84. The molecule has 1 fully saturated rings. The molecule has 7 heteroatoms. The molecule has 0 aromatic carbocycles. The van der Waals surface area contributed by atoms with Crippen molar-refractivity contribution in [3.63, 3.8) is 0 Å². The largest absolute Gasteiger partial charge is 0.480 e. The van der Waals surface area contributed by atoms with Crippen molar-refractivity contribution in [2.75, 3.05) is 19.6 Å². The van der Waals surface area contributed by atoms with Gasteiger partial charge in [0.2, 0.25) is 0 Å². The van der Waals surface area contributed by atoms with E-state index in [1.165, 1.54) is 4.90 Å². The van der Waals surface area contributed by atoms with E-state index < -0.39 is 28.8 Å². The number of hydrogen-bond donors (Lipinski definition) is 3. The van der Waals surface area contributed by atoms with E-state index in [1.54, 1.807) is 34.6 Å². The van der Waals surface area contributed by atoms with E-state index in [9.17, 15) is 19.8 Å². The number of carbonyl (C=O) groups excluding carboxylic acids is 1. The Morgan fingerprint density at radius 2 is 1.75 bits per heavy atom. The summed E-state index contributed by atoms with van der Waals surface area (Å²) in [6, 6.07) is 0. The van der Waals surface area contributed by atoms with Crippen molar-refractivity contribution in [2.45, 2.75) is 51.4 Å². The van der Waals surface area contributed by atoms with Gasteiger partial charge in [-0.25, -0.2) is 4.79 Å². The highest BCUT2D eigenvalue weighted by atomic mass is 16.6. The Hall–Kier alpha value is -1.34.